The smallest absolute Gasteiger partial charge is 0.233 e. The largest absolute Gasteiger partial charge is 0.507 e. The molecule has 6 heteroatoms. The van der Waals surface area contributed by atoms with Crippen LogP contribution in [0.1, 0.15) is 64.9 Å². The molecule has 4 atom stereocenters. The number of nitrogens with zero attached hydrogens (tertiary/aromatic N) is 1. The van der Waals surface area contributed by atoms with Gasteiger partial charge in [-0.2, -0.15) is 0 Å². The molecule has 0 aromatic heterocycles. The van der Waals surface area contributed by atoms with Crippen molar-refractivity contribution in [3.8, 4) is 5.75 Å². The number of hydrogen-bond acceptors (Lipinski definition) is 4. The molecular formula is C27H34BrNO4. The Kier molecular flexibility index (Phi) is 7.44. The molecule has 5 nitrogen and oxygen atoms in total. The minimum absolute atomic E-state index is 0.00259. The van der Waals surface area contributed by atoms with Gasteiger partial charge in [0.1, 0.15) is 5.75 Å². The number of carbonyl (C=O) groups excluding carboxylic acids is 2. The summed E-state index contributed by atoms with van der Waals surface area (Å²) < 4.78 is 7.19. The predicted molar refractivity (Wildman–Crippen MR) is 132 cm³/mol. The number of ether oxygens (including phenoxy) is 1. The minimum atomic E-state index is -0.253. The molecule has 0 saturated carbocycles. The van der Waals surface area contributed by atoms with Gasteiger partial charge in [-0.1, -0.05) is 53.4 Å². The number of benzene rings is 1. The number of allylic oxidation sites excluding steroid dienone is 2. The highest BCUT2D eigenvalue weighted by Gasteiger charge is 2.56. The van der Waals surface area contributed by atoms with Gasteiger partial charge in [0.2, 0.25) is 11.8 Å². The molecule has 2 saturated heterocycles. The van der Waals surface area contributed by atoms with Crippen molar-refractivity contribution in [1.82, 2.24) is 4.90 Å². The van der Waals surface area contributed by atoms with E-state index in [0.29, 0.717) is 19.6 Å². The van der Waals surface area contributed by atoms with Crippen LogP contribution in [-0.4, -0.2) is 41.1 Å². The third-order valence-electron chi connectivity index (χ3n) is 7.34. The van der Waals surface area contributed by atoms with Crippen molar-refractivity contribution in [3.63, 3.8) is 0 Å². The molecule has 1 aromatic carbocycles. The van der Waals surface area contributed by atoms with Gasteiger partial charge in [0.25, 0.3) is 0 Å². The van der Waals surface area contributed by atoms with Crippen LogP contribution >= 0.6 is 15.9 Å². The number of phenolic OH excluding ortho intramolecular Hbond substituents is 1. The van der Waals surface area contributed by atoms with Gasteiger partial charge >= 0.3 is 0 Å². The monoisotopic (exact) mass is 515 g/mol. The second-order valence-electron chi connectivity index (χ2n) is 9.62. The minimum Gasteiger partial charge on any atom is -0.507 e. The first-order valence-electron chi connectivity index (χ1n) is 12.2. The van der Waals surface area contributed by atoms with Crippen LogP contribution in [0.5, 0.6) is 5.75 Å². The number of rotatable bonds is 8. The van der Waals surface area contributed by atoms with E-state index in [1.54, 1.807) is 6.07 Å². The Balaban J connectivity index is 1.51. The molecule has 1 aromatic rings. The number of halogens is 1. The Morgan fingerprint density at radius 1 is 1.18 bits per heavy atom. The van der Waals surface area contributed by atoms with Crippen molar-refractivity contribution >= 4 is 33.8 Å². The molecule has 2 fully saturated rings. The van der Waals surface area contributed by atoms with E-state index in [1.165, 1.54) is 21.6 Å². The summed E-state index contributed by atoms with van der Waals surface area (Å²) in [5.74, 6) is -0.146. The summed E-state index contributed by atoms with van der Waals surface area (Å²) in [5, 5.41) is 10.3. The number of carbonyl (C=O) groups is 2. The number of aromatic hydroxyl groups is 1. The number of imide groups is 1. The standard InChI is InChI=1S/C27H34BrNO4/c1-4-6-17(13-18-14-19(28)8-9-22(18)30)7-10-23-24-16(3)12-20-25(21(24)15-33-23)27(32)29(11-5-2)26(20)31/h8-9,13-14,20-21,23,25,30H,4-7,10-12,15H2,1-3H3/b17-13+/t20-,21+,23-,25-/m1/s1. The topological polar surface area (TPSA) is 66.8 Å². The third-order valence-corrected chi connectivity index (χ3v) is 7.83. The highest BCUT2D eigenvalue weighted by atomic mass is 79.9. The number of fused-ring (bicyclic) bond motifs is 3. The Morgan fingerprint density at radius 2 is 1.97 bits per heavy atom. The molecule has 4 rings (SSSR count). The van der Waals surface area contributed by atoms with E-state index in [9.17, 15) is 14.7 Å². The summed E-state index contributed by atoms with van der Waals surface area (Å²) in [6.07, 6.45) is 7.27. The number of phenols is 1. The lowest BCUT2D eigenvalue weighted by atomic mass is 9.70. The Hall–Kier alpha value is -1.92. The van der Waals surface area contributed by atoms with E-state index in [2.05, 4.69) is 35.9 Å². The maximum absolute atomic E-state index is 13.1. The van der Waals surface area contributed by atoms with Gasteiger partial charge in [0.15, 0.2) is 0 Å². The molecular weight excluding hydrogens is 482 g/mol. The van der Waals surface area contributed by atoms with E-state index in [-0.39, 0.29) is 41.4 Å². The van der Waals surface area contributed by atoms with E-state index in [1.807, 2.05) is 19.1 Å². The third kappa shape index (κ3) is 4.69. The molecule has 1 N–H and O–H groups in total. The van der Waals surface area contributed by atoms with Crippen LogP contribution in [0.15, 0.2) is 39.4 Å². The Bertz CT molecular complexity index is 998. The summed E-state index contributed by atoms with van der Waals surface area (Å²) in [4.78, 5) is 27.5. The molecule has 2 amide bonds. The lowest BCUT2D eigenvalue weighted by Crippen LogP contribution is -2.34. The molecule has 0 bridgehead atoms. The average molecular weight is 516 g/mol. The normalized spacial score (nSPS) is 27.4. The van der Waals surface area contributed by atoms with Gasteiger partial charge in [-0.25, -0.2) is 0 Å². The van der Waals surface area contributed by atoms with Crippen LogP contribution < -0.4 is 0 Å². The van der Waals surface area contributed by atoms with Gasteiger partial charge in [-0.15, -0.1) is 0 Å². The maximum Gasteiger partial charge on any atom is 0.233 e. The Morgan fingerprint density at radius 3 is 2.70 bits per heavy atom. The second kappa shape index (κ2) is 10.1. The zero-order valence-electron chi connectivity index (χ0n) is 19.8. The number of hydrogen-bond donors (Lipinski definition) is 1. The van der Waals surface area contributed by atoms with Crippen LogP contribution in [-0.2, 0) is 14.3 Å². The van der Waals surface area contributed by atoms with Crippen LogP contribution in [0.25, 0.3) is 6.08 Å². The van der Waals surface area contributed by atoms with Crippen molar-refractivity contribution in [2.24, 2.45) is 17.8 Å². The molecule has 0 radical (unpaired) electrons. The van der Waals surface area contributed by atoms with Gasteiger partial charge < -0.3 is 9.84 Å². The molecule has 0 spiro atoms. The quantitative estimate of drug-likeness (QED) is 0.347. The highest BCUT2D eigenvalue weighted by Crippen LogP contribution is 2.49. The zero-order chi connectivity index (χ0) is 23.7. The first-order chi connectivity index (χ1) is 15.8. The van der Waals surface area contributed by atoms with Gasteiger partial charge in [-0.3, -0.25) is 14.5 Å². The van der Waals surface area contributed by atoms with E-state index >= 15 is 0 Å². The van der Waals surface area contributed by atoms with Crippen molar-refractivity contribution in [1.29, 1.82) is 0 Å². The maximum atomic E-state index is 13.1. The summed E-state index contributed by atoms with van der Waals surface area (Å²) in [7, 11) is 0. The first-order valence-corrected chi connectivity index (χ1v) is 13.0. The van der Waals surface area contributed by atoms with Gasteiger partial charge in [-0.05, 0) is 62.8 Å². The summed E-state index contributed by atoms with van der Waals surface area (Å²) in [5.41, 5.74) is 4.59. The second-order valence-corrected chi connectivity index (χ2v) is 10.5. The van der Waals surface area contributed by atoms with E-state index in [0.717, 1.165) is 42.1 Å². The molecule has 33 heavy (non-hydrogen) atoms. The first kappa shape index (κ1) is 24.2. The van der Waals surface area contributed by atoms with Crippen molar-refractivity contribution < 1.29 is 19.4 Å². The SMILES string of the molecule is CCC/C(=C\c1cc(Br)ccc1O)CC[C@H]1OC[C@H]2C1=C(C)C[C@H]1C(=O)N(CCC)C(=O)[C@H]12. The van der Waals surface area contributed by atoms with Crippen LogP contribution in [0.2, 0.25) is 0 Å². The lowest BCUT2D eigenvalue weighted by molar-refractivity contribution is -0.140. The van der Waals surface area contributed by atoms with Crippen LogP contribution in [0, 0.1) is 17.8 Å². The summed E-state index contributed by atoms with van der Waals surface area (Å²) >= 11 is 3.49. The van der Waals surface area contributed by atoms with Crippen molar-refractivity contribution in [2.75, 3.05) is 13.2 Å². The average Bonchev–Trinajstić information content (AvgIpc) is 3.30. The Labute approximate surface area is 205 Å². The fourth-order valence-electron chi connectivity index (χ4n) is 5.91. The molecule has 2 heterocycles. The van der Waals surface area contributed by atoms with E-state index in [4.69, 9.17) is 4.74 Å². The van der Waals surface area contributed by atoms with Gasteiger partial charge in [0.05, 0.1) is 24.5 Å². The summed E-state index contributed by atoms with van der Waals surface area (Å²) in [6, 6.07) is 5.48. The molecule has 1 aliphatic carbocycles. The number of amides is 2. The lowest BCUT2D eigenvalue weighted by Gasteiger charge is -2.30. The van der Waals surface area contributed by atoms with Gasteiger partial charge in [0, 0.05) is 22.5 Å². The molecule has 3 aliphatic rings. The zero-order valence-corrected chi connectivity index (χ0v) is 21.4. The van der Waals surface area contributed by atoms with Crippen molar-refractivity contribution in [3.05, 3.63) is 45.0 Å². The fourth-order valence-corrected chi connectivity index (χ4v) is 6.28. The predicted octanol–water partition coefficient (Wildman–Crippen LogP) is 5.86. The molecule has 0 unspecified atom stereocenters. The van der Waals surface area contributed by atoms with Crippen molar-refractivity contribution in [2.45, 2.75) is 65.4 Å². The summed E-state index contributed by atoms with van der Waals surface area (Å²) in [6.45, 7) is 7.32. The number of likely N-dealkylation sites (tertiary alicyclic amines) is 1. The molecule has 2 aliphatic heterocycles. The highest BCUT2D eigenvalue weighted by molar-refractivity contribution is 9.10. The van der Waals surface area contributed by atoms with E-state index < -0.39 is 0 Å². The fraction of sp³-hybridized carbons (Fsp3) is 0.556. The van der Waals surface area contributed by atoms with Crippen LogP contribution in [0.3, 0.4) is 0 Å². The molecule has 178 valence electrons. The van der Waals surface area contributed by atoms with Crippen LogP contribution in [0.4, 0.5) is 0 Å².